The monoisotopic (exact) mass is 425 g/mol. The molecule has 9 nitrogen and oxygen atoms in total. The molecule has 9 heteroatoms. The molecule has 164 valence electrons. The summed E-state index contributed by atoms with van der Waals surface area (Å²) in [5.74, 6) is -0.346. The minimum atomic E-state index is -0.511. The smallest absolute Gasteiger partial charge is 0.270 e. The van der Waals surface area contributed by atoms with E-state index in [4.69, 9.17) is 0 Å². The predicted molar refractivity (Wildman–Crippen MR) is 120 cm³/mol. The molecule has 2 N–H and O–H groups in total. The number of carbonyl (C=O) groups is 2. The first kappa shape index (κ1) is 22.2. The number of anilines is 2. The maximum absolute atomic E-state index is 13.0. The lowest BCUT2D eigenvalue weighted by Crippen LogP contribution is -2.50. The Balaban J connectivity index is 1.59. The lowest BCUT2D eigenvalue weighted by Gasteiger charge is -2.34. The third-order valence-electron chi connectivity index (χ3n) is 5.49. The molecule has 1 aliphatic rings. The van der Waals surface area contributed by atoms with E-state index in [9.17, 15) is 19.7 Å². The molecule has 0 atom stereocenters. The van der Waals surface area contributed by atoms with E-state index in [0.29, 0.717) is 31.9 Å². The highest BCUT2D eigenvalue weighted by atomic mass is 16.6. The number of benzene rings is 2. The molecular weight excluding hydrogens is 398 g/mol. The van der Waals surface area contributed by atoms with Crippen molar-refractivity contribution in [2.45, 2.75) is 13.8 Å². The number of nitrogens with zero attached hydrogens (tertiary/aromatic N) is 3. The summed E-state index contributed by atoms with van der Waals surface area (Å²) in [6, 6.07) is 10.1. The lowest BCUT2D eigenvalue weighted by molar-refractivity contribution is -0.384. The van der Waals surface area contributed by atoms with E-state index < -0.39 is 4.92 Å². The number of amides is 2. The summed E-state index contributed by atoms with van der Waals surface area (Å²) >= 11 is 0. The van der Waals surface area contributed by atoms with Gasteiger partial charge in [-0.05, 0) is 31.0 Å². The fourth-order valence-electron chi connectivity index (χ4n) is 3.71. The van der Waals surface area contributed by atoms with Gasteiger partial charge in [-0.3, -0.25) is 24.6 Å². The van der Waals surface area contributed by atoms with Crippen LogP contribution in [-0.2, 0) is 4.79 Å². The zero-order valence-corrected chi connectivity index (χ0v) is 18.0. The number of carbonyl (C=O) groups excluding carboxylic acids is 2. The van der Waals surface area contributed by atoms with Crippen LogP contribution in [0.15, 0.2) is 36.4 Å². The van der Waals surface area contributed by atoms with Crippen LogP contribution in [0.2, 0.25) is 0 Å². The predicted octanol–water partition coefficient (Wildman–Crippen LogP) is 2.65. The highest BCUT2D eigenvalue weighted by molar-refractivity contribution is 6.00. The van der Waals surface area contributed by atoms with Gasteiger partial charge in [-0.25, -0.2) is 0 Å². The SMILES string of the molecule is CNc1ccc([N+](=O)[O-])cc1C(=O)N1CCN(CC(=O)Nc2c(C)cccc2C)CC1. The summed E-state index contributed by atoms with van der Waals surface area (Å²) in [5.41, 5.74) is 3.57. The summed E-state index contributed by atoms with van der Waals surface area (Å²) in [6.07, 6.45) is 0. The van der Waals surface area contributed by atoms with Gasteiger partial charge >= 0.3 is 0 Å². The van der Waals surface area contributed by atoms with Gasteiger partial charge in [0.2, 0.25) is 5.91 Å². The Bertz CT molecular complexity index is 979. The van der Waals surface area contributed by atoms with Gasteiger partial charge < -0.3 is 15.5 Å². The van der Waals surface area contributed by atoms with Crippen LogP contribution in [0.4, 0.5) is 17.1 Å². The van der Waals surface area contributed by atoms with Crippen molar-refractivity contribution < 1.29 is 14.5 Å². The Morgan fingerprint density at radius 1 is 1.06 bits per heavy atom. The molecule has 2 aromatic rings. The van der Waals surface area contributed by atoms with Gasteiger partial charge in [0, 0.05) is 56.7 Å². The zero-order valence-electron chi connectivity index (χ0n) is 18.0. The van der Waals surface area contributed by atoms with Crippen LogP contribution in [0.5, 0.6) is 0 Å². The van der Waals surface area contributed by atoms with Crippen molar-refractivity contribution in [1.82, 2.24) is 9.80 Å². The number of piperazine rings is 1. The van der Waals surface area contributed by atoms with E-state index in [2.05, 4.69) is 10.6 Å². The normalized spacial score (nSPS) is 14.2. The van der Waals surface area contributed by atoms with Crippen LogP contribution >= 0.6 is 0 Å². The average Bonchev–Trinajstić information content (AvgIpc) is 2.76. The number of rotatable bonds is 6. The lowest BCUT2D eigenvalue weighted by atomic mass is 10.1. The topological polar surface area (TPSA) is 108 Å². The molecule has 3 rings (SSSR count). The average molecular weight is 425 g/mol. The van der Waals surface area contributed by atoms with Gasteiger partial charge in [-0.2, -0.15) is 0 Å². The van der Waals surface area contributed by atoms with Crippen LogP contribution in [0, 0.1) is 24.0 Å². The maximum atomic E-state index is 13.0. The first-order valence-electron chi connectivity index (χ1n) is 10.1. The minimum absolute atomic E-state index is 0.0895. The molecule has 1 aliphatic heterocycles. The van der Waals surface area contributed by atoms with Crippen molar-refractivity contribution in [1.29, 1.82) is 0 Å². The summed E-state index contributed by atoms with van der Waals surface area (Å²) in [7, 11) is 1.67. The van der Waals surface area contributed by atoms with Crippen molar-refractivity contribution in [3.63, 3.8) is 0 Å². The van der Waals surface area contributed by atoms with E-state index in [-0.39, 0.29) is 29.6 Å². The standard InChI is InChI=1S/C22H27N5O4/c1-15-5-4-6-16(2)21(15)24-20(28)14-25-9-11-26(12-10-25)22(29)18-13-17(27(30)31)7-8-19(18)23-3/h4-8,13,23H,9-12,14H2,1-3H3,(H,24,28). The highest BCUT2D eigenvalue weighted by Crippen LogP contribution is 2.24. The Kier molecular flexibility index (Phi) is 6.86. The number of nitro benzene ring substituents is 1. The van der Waals surface area contributed by atoms with E-state index >= 15 is 0 Å². The molecule has 1 fully saturated rings. The number of hydrogen-bond acceptors (Lipinski definition) is 6. The van der Waals surface area contributed by atoms with E-state index in [1.807, 2.05) is 36.9 Å². The van der Waals surface area contributed by atoms with Crippen molar-refractivity contribution in [2.24, 2.45) is 0 Å². The summed E-state index contributed by atoms with van der Waals surface area (Å²) in [6.45, 7) is 6.16. The molecule has 2 aromatic carbocycles. The van der Waals surface area contributed by atoms with Crippen LogP contribution in [0.1, 0.15) is 21.5 Å². The molecule has 0 aromatic heterocycles. The number of non-ortho nitro benzene ring substituents is 1. The van der Waals surface area contributed by atoms with Gasteiger partial charge in [-0.1, -0.05) is 18.2 Å². The quantitative estimate of drug-likeness (QED) is 0.544. The highest BCUT2D eigenvalue weighted by Gasteiger charge is 2.26. The number of nitrogens with one attached hydrogen (secondary N) is 2. The molecular formula is C22H27N5O4. The molecule has 0 saturated carbocycles. The second kappa shape index (κ2) is 9.57. The van der Waals surface area contributed by atoms with Gasteiger partial charge in [0.15, 0.2) is 0 Å². The molecule has 1 heterocycles. The first-order valence-corrected chi connectivity index (χ1v) is 10.1. The third kappa shape index (κ3) is 5.18. The Morgan fingerprint density at radius 3 is 2.29 bits per heavy atom. The van der Waals surface area contributed by atoms with Crippen LogP contribution in [0.3, 0.4) is 0 Å². The molecule has 0 unspecified atom stereocenters. The third-order valence-corrected chi connectivity index (χ3v) is 5.49. The molecule has 0 spiro atoms. The van der Waals surface area contributed by atoms with Gasteiger partial charge in [0.05, 0.1) is 17.0 Å². The van der Waals surface area contributed by atoms with Crippen molar-refractivity contribution in [2.75, 3.05) is 50.4 Å². The number of hydrogen-bond donors (Lipinski definition) is 2. The van der Waals surface area contributed by atoms with Crippen LogP contribution < -0.4 is 10.6 Å². The second-order valence-corrected chi connectivity index (χ2v) is 7.62. The molecule has 2 amide bonds. The molecule has 0 aliphatic carbocycles. The number of aryl methyl sites for hydroxylation is 2. The molecule has 0 radical (unpaired) electrons. The molecule has 1 saturated heterocycles. The van der Waals surface area contributed by atoms with Crippen molar-refractivity contribution in [3.8, 4) is 0 Å². The van der Waals surface area contributed by atoms with Crippen LogP contribution in [-0.4, -0.2) is 66.3 Å². The van der Waals surface area contributed by atoms with Gasteiger partial charge in [0.25, 0.3) is 11.6 Å². The van der Waals surface area contributed by atoms with Crippen molar-refractivity contribution in [3.05, 3.63) is 63.2 Å². The Hall–Kier alpha value is -3.46. The largest absolute Gasteiger partial charge is 0.387 e. The van der Waals surface area contributed by atoms with E-state index in [1.165, 1.54) is 12.1 Å². The van der Waals surface area contributed by atoms with Gasteiger partial charge in [0.1, 0.15) is 0 Å². The summed E-state index contributed by atoms with van der Waals surface area (Å²) < 4.78 is 0. The fourth-order valence-corrected chi connectivity index (χ4v) is 3.71. The minimum Gasteiger partial charge on any atom is -0.387 e. The zero-order chi connectivity index (χ0) is 22.5. The Morgan fingerprint density at radius 2 is 1.71 bits per heavy atom. The van der Waals surface area contributed by atoms with E-state index in [1.54, 1.807) is 18.0 Å². The van der Waals surface area contributed by atoms with Crippen molar-refractivity contribution >= 4 is 28.9 Å². The van der Waals surface area contributed by atoms with E-state index in [0.717, 1.165) is 16.8 Å². The maximum Gasteiger partial charge on any atom is 0.270 e. The molecule has 0 bridgehead atoms. The van der Waals surface area contributed by atoms with Gasteiger partial charge in [-0.15, -0.1) is 0 Å². The molecule has 31 heavy (non-hydrogen) atoms. The number of nitro groups is 1. The van der Waals surface area contributed by atoms with Crippen LogP contribution in [0.25, 0.3) is 0 Å². The summed E-state index contributed by atoms with van der Waals surface area (Å²) in [5, 5.41) is 17.0. The number of para-hydroxylation sites is 1. The second-order valence-electron chi connectivity index (χ2n) is 7.62. The summed E-state index contributed by atoms with van der Waals surface area (Å²) in [4.78, 5) is 39.7. The fraction of sp³-hybridized carbons (Fsp3) is 0.364. The first-order chi connectivity index (χ1) is 14.8. The Labute approximate surface area is 181 Å².